The maximum absolute atomic E-state index is 5.65. The standard InChI is InChI=1S/C12H16BrNO/c1-8(2)14-11-5-6-15-12-7-9(13)3-4-10(11)12/h3-4,7-8,11,14H,5-6H2,1-2H3. The highest BCUT2D eigenvalue weighted by atomic mass is 79.9. The van der Waals surface area contributed by atoms with Crippen LogP contribution in [0.1, 0.15) is 31.9 Å². The predicted octanol–water partition coefficient (Wildman–Crippen LogP) is 3.27. The molecule has 1 aliphatic rings. The van der Waals surface area contributed by atoms with E-state index in [9.17, 15) is 0 Å². The molecular formula is C12H16BrNO. The van der Waals surface area contributed by atoms with E-state index >= 15 is 0 Å². The Bertz CT molecular complexity index is 351. The van der Waals surface area contributed by atoms with Crippen LogP contribution in [-0.2, 0) is 0 Å². The van der Waals surface area contributed by atoms with Gasteiger partial charge in [-0.15, -0.1) is 0 Å². The van der Waals surface area contributed by atoms with Crippen molar-refractivity contribution in [3.8, 4) is 5.75 Å². The van der Waals surface area contributed by atoms with Gasteiger partial charge in [0.15, 0.2) is 0 Å². The van der Waals surface area contributed by atoms with Crippen LogP contribution in [0.4, 0.5) is 0 Å². The smallest absolute Gasteiger partial charge is 0.125 e. The van der Waals surface area contributed by atoms with Crippen LogP contribution < -0.4 is 10.1 Å². The Morgan fingerprint density at radius 1 is 1.47 bits per heavy atom. The zero-order valence-corrected chi connectivity index (χ0v) is 10.7. The first kappa shape index (κ1) is 11.0. The largest absolute Gasteiger partial charge is 0.493 e. The Morgan fingerprint density at radius 2 is 2.27 bits per heavy atom. The van der Waals surface area contributed by atoms with Crippen molar-refractivity contribution in [2.24, 2.45) is 0 Å². The van der Waals surface area contributed by atoms with E-state index in [0.29, 0.717) is 12.1 Å². The lowest BCUT2D eigenvalue weighted by molar-refractivity contribution is 0.247. The number of fused-ring (bicyclic) bond motifs is 1. The Balaban J connectivity index is 2.26. The maximum Gasteiger partial charge on any atom is 0.125 e. The summed E-state index contributed by atoms with van der Waals surface area (Å²) in [5.74, 6) is 1.01. The molecule has 0 saturated carbocycles. The average molecular weight is 270 g/mol. The van der Waals surface area contributed by atoms with E-state index in [-0.39, 0.29) is 0 Å². The van der Waals surface area contributed by atoms with Gasteiger partial charge in [-0.1, -0.05) is 35.8 Å². The number of benzene rings is 1. The fraction of sp³-hybridized carbons (Fsp3) is 0.500. The van der Waals surface area contributed by atoms with Crippen LogP contribution in [0.5, 0.6) is 5.75 Å². The monoisotopic (exact) mass is 269 g/mol. The topological polar surface area (TPSA) is 21.3 Å². The summed E-state index contributed by atoms with van der Waals surface area (Å²) in [5, 5.41) is 3.56. The predicted molar refractivity (Wildman–Crippen MR) is 65.3 cm³/mol. The van der Waals surface area contributed by atoms with Crippen LogP contribution >= 0.6 is 15.9 Å². The number of hydrogen-bond donors (Lipinski definition) is 1. The van der Waals surface area contributed by atoms with Gasteiger partial charge in [-0.25, -0.2) is 0 Å². The van der Waals surface area contributed by atoms with Crippen molar-refractivity contribution in [2.45, 2.75) is 32.4 Å². The molecule has 0 fully saturated rings. The molecule has 1 heterocycles. The van der Waals surface area contributed by atoms with Crippen molar-refractivity contribution in [3.05, 3.63) is 28.2 Å². The summed E-state index contributed by atoms with van der Waals surface area (Å²) in [5.41, 5.74) is 1.28. The highest BCUT2D eigenvalue weighted by Crippen LogP contribution is 2.34. The summed E-state index contributed by atoms with van der Waals surface area (Å²) >= 11 is 3.46. The van der Waals surface area contributed by atoms with Crippen molar-refractivity contribution in [1.29, 1.82) is 0 Å². The van der Waals surface area contributed by atoms with Crippen molar-refractivity contribution < 1.29 is 4.74 Å². The second-order valence-electron chi connectivity index (χ2n) is 4.19. The lowest BCUT2D eigenvalue weighted by atomic mass is 10.00. The molecule has 0 aliphatic carbocycles. The first-order valence-electron chi connectivity index (χ1n) is 5.35. The van der Waals surface area contributed by atoms with Crippen LogP contribution in [0, 0.1) is 0 Å². The Hall–Kier alpha value is -0.540. The number of ether oxygens (including phenoxy) is 1. The Labute approximate surface area is 99.1 Å². The maximum atomic E-state index is 5.65. The third kappa shape index (κ3) is 2.52. The minimum absolute atomic E-state index is 0.432. The molecule has 15 heavy (non-hydrogen) atoms. The molecular weight excluding hydrogens is 254 g/mol. The van der Waals surface area contributed by atoms with Crippen molar-refractivity contribution in [3.63, 3.8) is 0 Å². The van der Waals surface area contributed by atoms with Gasteiger partial charge in [-0.2, -0.15) is 0 Å². The van der Waals surface area contributed by atoms with Crippen molar-refractivity contribution in [2.75, 3.05) is 6.61 Å². The van der Waals surface area contributed by atoms with Gasteiger partial charge in [0.05, 0.1) is 6.61 Å². The zero-order chi connectivity index (χ0) is 10.8. The van der Waals surface area contributed by atoms with Crippen LogP contribution in [0.2, 0.25) is 0 Å². The fourth-order valence-corrected chi connectivity index (χ4v) is 2.28. The summed E-state index contributed by atoms with van der Waals surface area (Å²) in [7, 11) is 0. The number of halogens is 1. The molecule has 1 unspecified atom stereocenters. The van der Waals surface area contributed by atoms with Crippen LogP contribution in [0.25, 0.3) is 0 Å². The van der Waals surface area contributed by atoms with E-state index in [0.717, 1.165) is 23.2 Å². The zero-order valence-electron chi connectivity index (χ0n) is 9.09. The summed E-state index contributed by atoms with van der Waals surface area (Å²) < 4.78 is 6.72. The Morgan fingerprint density at radius 3 is 3.00 bits per heavy atom. The minimum Gasteiger partial charge on any atom is -0.493 e. The van der Waals surface area contributed by atoms with Gasteiger partial charge in [-0.05, 0) is 12.1 Å². The summed E-state index contributed by atoms with van der Waals surface area (Å²) in [6, 6.07) is 7.19. The van der Waals surface area contributed by atoms with Gasteiger partial charge >= 0.3 is 0 Å². The normalized spacial score (nSPS) is 19.9. The van der Waals surface area contributed by atoms with Crippen LogP contribution in [0.3, 0.4) is 0 Å². The third-order valence-electron chi connectivity index (χ3n) is 2.55. The number of rotatable bonds is 2. The SMILES string of the molecule is CC(C)NC1CCOc2cc(Br)ccc21. The Kier molecular flexibility index (Phi) is 3.32. The average Bonchev–Trinajstić information content (AvgIpc) is 2.16. The van der Waals surface area contributed by atoms with Gasteiger partial charge in [0.2, 0.25) is 0 Å². The molecule has 1 aliphatic heterocycles. The van der Waals surface area contributed by atoms with E-state index in [1.807, 2.05) is 6.07 Å². The lowest BCUT2D eigenvalue weighted by Gasteiger charge is -2.28. The molecule has 82 valence electrons. The summed E-state index contributed by atoms with van der Waals surface area (Å²) in [4.78, 5) is 0. The summed E-state index contributed by atoms with van der Waals surface area (Å²) in [6.45, 7) is 5.15. The molecule has 0 radical (unpaired) electrons. The summed E-state index contributed by atoms with van der Waals surface area (Å²) in [6.07, 6.45) is 1.05. The molecule has 0 spiro atoms. The van der Waals surface area contributed by atoms with Crippen LogP contribution in [0.15, 0.2) is 22.7 Å². The molecule has 0 saturated heterocycles. The van der Waals surface area contributed by atoms with Gasteiger partial charge in [0, 0.05) is 28.5 Å². The van der Waals surface area contributed by atoms with E-state index in [1.165, 1.54) is 5.56 Å². The van der Waals surface area contributed by atoms with Crippen molar-refractivity contribution >= 4 is 15.9 Å². The van der Waals surface area contributed by atoms with Gasteiger partial charge in [0.1, 0.15) is 5.75 Å². The van der Waals surface area contributed by atoms with E-state index < -0.39 is 0 Å². The fourth-order valence-electron chi connectivity index (χ4n) is 1.94. The second kappa shape index (κ2) is 4.54. The van der Waals surface area contributed by atoms with E-state index in [4.69, 9.17) is 4.74 Å². The van der Waals surface area contributed by atoms with Gasteiger partial charge in [-0.3, -0.25) is 0 Å². The van der Waals surface area contributed by atoms with Crippen LogP contribution in [-0.4, -0.2) is 12.6 Å². The van der Waals surface area contributed by atoms with E-state index in [1.54, 1.807) is 0 Å². The lowest BCUT2D eigenvalue weighted by Crippen LogP contribution is -2.31. The molecule has 2 nitrogen and oxygen atoms in total. The third-order valence-corrected chi connectivity index (χ3v) is 3.04. The van der Waals surface area contributed by atoms with Gasteiger partial charge < -0.3 is 10.1 Å². The quantitative estimate of drug-likeness (QED) is 0.890. The first-order chi connectivity index (χ1) is 7.16. The van der Waals surface area contributed by atoms with Crippen molar-refractivity contribution in [1.82, 2.24) is 5.32 Å². The second-order valence-corrected chi connectivity index (χ2v) is 5.11. The number of nitrogens with one attached hydrogen (secondary N) is 1. The molecule has 0 amide bonds. The molecule has 2 rings (SSSR count). The first-order valence-corrected chi connectivity index (χ1v) is 6.14. The molecule has 1 aromatic rings. The highest BCUT2D eigenvalue weighted by molar-refractivity contribution is 9.10. The molecule has 1 atom stereocenters. The minimum atomic E-state index is 0.432. The highest BCUT2D eigenvalue weighted by Gasteiger charge is 2.21. The molecule has 0 bridgehead atoms. The molecule has 3 heteroatoms. The number of hydrogen-bond acceptors (Lipinski definition) is 2. The molecule has 1 aromatic carbocycles. The van der Waals surface area contributed by atoms with Gasteiger partial charge in [0.25, 0.3) is 0 Å². The van der Waals surface area contributed by atoms with E-state index in [2.05, 4.69) is 47.2 Å². The molecule has 1 N–H and O–H groups in total. The molecule has 0 aromatic heterocycles.